The first kappa shape index (κ1) is 20.5. The number of phenols is 1. The largest absolute Gasteiger partial charge is 0.504 e. The number of hydrogen-bond acceptors (Lipinski definition) is 5. The maximum atomic E-state index is 12.3. The molecule has 25 heavy (non-hydrogen) atoms. The number of benzene rings is 1. The third kappa shape index (κ3) is 6.84. The number of ether oxygens (including phenoxy) is 2. The van der Waals surface area contributed by atoms with Crippen LogP contribution in [-0.2, 0) is 14.3 Å². The lowest BCUT2D eigenvalue weighted by Gasteiger charge is -2.34. The molecule has 0 bridgehead atoms. The van der Waals surface area contributed by atoms with Crippen LogP contribution in [0.5, 0.6) is 11.5 Å². The van der Waals surface area contributed by atoms with E-state index in [0.29, 0.717) is 25.5 Å². The van der Waals surface area contributed by atoms with Crippen molar-refractivity contribution in [2.75, 3.05) is 26.9 Å². The standard InChI is InChI=1S/C16H21NO4.C2H4O2/c1-3-13-11-21-9-8-17(13)16(19)7-5-12-4-6-14(18)15(10-12)20-2;1-2(3)4/h4-7,10,13,18H,3,8-9,11H2,1-2H3;1H3,(H,3,4)/b7-5+;. The Hall–Kier alpha value is -2.54. The number of amides is 1. The van der Waals surface area contributed by atoms with E-state index in [1.807, 2.05) is 11.8 Å². The van der Waals surface area contributed by atoms with Gasteiger partial charge in [0.05, 0.1) is 26.4 Å². The highest BCUT2D eigenvalue weighted by molar-refractivity contribution is 5.92. The minimum absolute atomic E-state index is 0.0165. The molecule has 1 atom stereocenters. The van der Waals surface area contributed by atoms with E-state index in [-0.39, 0.29) is 17.7 Å². The second kappa shape index (κ2) is 10.4. The molecule has 1 fully saturated rings. The van der Waals surface area contributed by atoms with Crippen molar-refractivity contribution in [2.45, 2.75) is 26.3 Å². The highest BCUT2D eigenvalue weighted by atomic mass is 16.5. The second-order valence-electron chi connectivity index (χ2n) is 5.45. The molecule has 2 N–H and O–H groups in total. The fourth-order valence-corrected chi connectivity index (χ4v) is 2.34. The van der Waals surface area contributed by atoms with Gasteiger partial charge in [-0.2, -0.15) is 0 Å². The number of carboxylic acid groups (broad SMARTS) is 1. The number of aromatic hydroxyl groups is 1. The fraction of sp³-hybridized carbons (Fsp3) is 0.444. The number of morpholine rings is 1. The lowest BCUT2D eigenvalue weighted by Crippen LogP contribution is -2.47. The lowest BCUT2D eigenvalue weighted by molar-refractivity contribution is -0.135. The molecule has 1 saturated heterocycles. The molecule has 0 aromatic heterocycles. The molecule has 1 unspecified atom stereocenters. The maximum Gasteiger partial charge on any atom is 0.300 e. The van der Waals surface area contributed by atoms with Crippen LogP contribution in [0.15, 0.2) is 24.3 Å². The third-order valence-electron chi connectivity index (χ3n) is 3.60. The Morgan fingerprint density at radius 1 is 1.44 bits per heavy atom. The van der Waals surface area contributed by atoms with Crippen molar-refractivity contribution in [1.82, 2.24) is 4.90 Å². The van der Waals surface area contributed by atoms with Gasteiger partial charge in [0.25, 0.3) is 5.97 Å². The Morgan fingerprint density at radius 2 is 2.12 bits per heavy atom. The number of carboxylic acids is 1. The number of carbonyl (C=O) groups is 2. The Morgan fingerprint density at radius 3 is 2.72 bits per heavy atom. The van der Waals surface area contributed by atoms with Gasteiger partial charge in [0.1, 0.15) is 0 Å². The van der Waals surface area contributed by atoms with E-state index < -0.39 is 5.97 Å². The van der Waals surface area contributed by atoms with Gasteiger partial charge in [-0.3, -0.25) is 9.59 Å². The number of phenolic OH excluding ortho intramolecular Hbond substituents is 1. The SMILES string of the molecule is CC(=O)O.CCC1COCCN1C(=O)/C=C/c1ccc(O)c(OC)c1. The number of rotatable bonds is 4. The summed E-state index contributed by atoms with van der Waals surface area (Å²) in [4.78, 5) is 23.1. The Bertz CT molecular complexity index is 610. The molecule has 0 spiro atoms. The van der Waals surface area contributed by atoms with E-state index in [9.17, 15) is 9.90 Å². The smallest absolute Gasteiger partial charge is 0.300 e. The number of aliphatic carboxylic acids is 1. The van der Waals surface area contributed by atoms with Crippen LogP contribution in [0, 0.1) is 0 Å². The third-order valence-corrected chi connectivity index (χ3v) is 3.60. The zero-order valence-electron chi connectivity index (χ0n) is 14.8. The minimum atomic E-state index is -0.833. The van der Waals surface area contributed by atoms with Crippen LogP contribution >= 0.6 is 0 Å². The van der Waals surface area contributed by atoms with Crippen LogP contribution in [0.3, 0.4) is 0 Å². The van der Waals surface area contributed by atoms with Crippen molar-refractivity contribution < 1.29 is 29.3 Å². The topological polar surface area (TPSA) is 96.3 Å². The van der Waals surface area contributed by atoms with E-state index in [0.717, 1.165) is 18.9 Å². The predicted molar refractivity (Wildman–Crippen MR) is 93.6 cm³/mol. The van der Waals surface area contributed by atoms with E-state index in [1.54, 1.807) is 30.4 Å². The summed E-state index contributed by atoms with van der Waals surface area (Å²) in [6.45, 7) is 4.95. The number of methoxy groups -OCH3 is 1. The summed E-state index contributed by atoms with van der Waals surface area (Å²) in [6, 6.07) is 5.12. The molecule has 138 valence electrons. The van der Waals surface area contributed by atoms with E-state index in [2.05, 4.69) is 0 Å². The van der Waals surface area contributed by atoms with Crippen molar-refractivity contribution in [3.05, 3.63) is 29.8 Å². The summed E-state index contributed by atoms with van der Waals surface area (Å²) >= 11 is 0. The highest BCUT2D eigenvalue weighted by Crippen LogP contribution is 2.26. The first-order valence-corrected chi connectivity index (χ1v) is 8.02. The Labute approximate surface area is 147 Å². The summed E-state index contributed by atoms with van der Waals surface area (Å²) in [7, 11) is 1.49. The molecule has 7 nitrogen and oxygen atoms in total. The van der Waals surface area contributed by atoms with E-state index in [4.69, 9.17) is 19.4 Å². The van der Waals surface area contributed by atoms with Gasteiger partial charge < -0.3 is 24.6 Å². The second-order valence-corrected chi connectivity index (χ2v) is 5.45. The molecule has 1 heterocycles. The normalized spacial score (nSPS) is 16.9. The van der Waals surface area contributed by atoms with Gasteiger partial charge in [-0.15, -0.1) is 0 Å². The monoisotopic (exact) mass is 351 g/mol. The summed E-state index contributed by atoms with van der Waals surface area (Å²) in [5, 5.41) is 17.0. The van der Waals surface area contributed by atoms with E-state index >= 15 is 0 Å². The van der Waals surface area contributed by atoms with Gasteiger partial charge in [0.2, 0.25) is 5.91 Å². The molecular formula is C18H25NO6. The van der Waals surface area contributed by atoms with Crippen molar-refractivity contribution in [3.8, 4) is 11.5 Å². The summed E-state index contributed by atoms with van der Waals surface area (Å²) in [5.74, 6) is -0.375. The van der Waals surface area contributed by atoms with Gasteiger partial charge >= 0.3 is 0 Å². The maximum absolute atomic E-state index is 12.3. The Kier molecular flexibility index (Phi) is 8.49. The summed E-state index contributed by atoms with van der Waals surface area (Å²) < 4.78 is 10.4. The molecule has 1 amide bonds. The summed E-state index contributed by atoms with van der Waals surface area (Å²) in [5.41, 5.74) is 0.805. The fourth-order valence-electron chi connectivity index (χ4n) is 2.34. The highest BCUT2D eigenvalue weighted by Gasteiger charge is 2.24. The average molecular weight is 351 g/mol. The van der Waals surface area contributed by atoms with Gasteiger partial charge in [0.15, 0.2) is 11.5 Å². The van der Waals surface area contributed by atoms with Gasteiger partial charge in [0, 0.05) is 19.5 Å². The van der Waals surface area contributed by atoms with Crippen LogP contribution in [0.2, 0.25) is 0 Å². The zero-order chi connectivity index (χ0) is 18.8. The zero-order valence-corrected chi connectivity index (χ0v) is 14.8. The number of hydrogen-bond donors (Lipinski definition) is 2. The molecule has 1 aliphatic heterocycles. The molecule has 7 heteroatoms. The molecule has 0 saturated carbocycles. The van der Waals surface area contributed by atoms with Crippen molar-refractivity contribution in [2.24, 2.45) is 0 Å². The van der Waals surface area contributed by atoms with Crippen molar-refractivity contribution in [1.29, 1.82) is 0 Å². The Balaban J connectivity index is 0.000000705. The van der Waals surface area contributed by atoms with Gasteiger partial charge in [-0.05, 0) is 30.2 Å². The number of nitrogens with zero attached hydrogens (tertiary/aromatic N) is 1. The van der Waals surface area contributed by atoms with Crippen LogP contribution in [0.1, 0.15) is 25.8 Å². The van der Waals surface area contributed by atoms with Crippen LogP contribution in [0.4, 0.5) is 0 Å². The molecule has 1 aromatic rings. The predicted octanol–water partition coefficient (Wildman–Crippen LogP) is 2.14. The molecule has 1 aromatic carbocycles. The van der Waals surface area contributed by atoms with Gasteiger partial charge in [-0.1, -0.05) is 13.0 Å². The quantitative estimate of drug-likeness (QED) is 0.807. The molecule has 0 radical (unpaired) electrons. The first-order chi connectivity index (χ1) is 11.9. The van der Waals surface area contributed by atoms with Crippen LogP contribution in [0.25, 0.3) is 6.08 Å². The molecule has 1 aliphatic rings. The first-order valence-electron chi connectivity index (χ1n) is 8.02. The van der Waals surface area contributed by atoms with Crippen molar-refractivity contribution >= 4 is 18.0 Å². The summed E-state index contributed by atoms with van der Waals surface area (Å²) in [6.07, 6.45) is 4.17. The van der Waals surface area contributed by atoms with Crippen LogP contribution < -0.4 is 4.74 Å². The minimum Gasteiger partial charge on any atom is -0.504 e. The molecule has 2 rings (SSSR count). The molecule has 0 aliphatic carbocycles. The van der Waals surface area contributed by atoms with E-state index in [1.165, 1.54) is 7.11 Å². The number of carbonyl (C=O) groups excluding carboxylic acids is 1. The van der Waals surface area contributed by atoms with Crippen molar-refractivity contribution in [3.63, 3.8) is 0 Å². The lowest BCUT2D eigenvalue weighted by atomic mass is 10.1. The average Bonchev–Trinajstić information content (AvgIpc) is 2.60. The molecular weight excluding hydrogens is 326 g/mol. The van der Waals surface area contributed by atoms with Gasteiger partial charge in [-0.25, -0.2) is 0 Å². The van der Waals surface area contributed by atoms with Crippen LogP contribution in [-0.4, -0.2) is 59.9 Å².